The Hall–Kier alpha value is -1.07. The number of halogens is 3. The van der Waals surface area contributed by atoms with Crippen molar-refractivity contribution in [2.24, 2.45) is 0 Å². The second-order valence-corrected chi connectivity index (χ2v) is 5.38. The molecule has 2 unspecified atom stereocenters. The van der Waals surface area contributed by atoms with Gasteiger partial charge in [-0.1, -0.05) is 32.0 Å². The molecule has 1 N–H and O–H groups in total. The summed E-state index contributed by atoms with van der Waals surface area (Å²) < 4.78 is 43.9. The van der Waals surface area contributed by atoms with Crippen LogP contribution in [-0.2, 0) is 17.3 Å². The fourth-order valence-corrected chi connectivity index (χ4v) is 2.39. The van der Waals surface area contributed by atoms with Crippen LogP contribution in [0.1, 0.15) is 38.3 Å². The Morgan fingerprint density at radius 1 is 1.24 bits per heavy atom. The fraction of sp³-hybridized carbons (Fsp3) is 0.625. The summed E-state index contributed by atoms with van der Waals surface area (Å²) in [4.78, 5) is 0. The highest BCUT2D eigenvalue weighted by atomic mass is 19.4. The van der Waals surface area contributed by atoms with E-state index in [1.54, 1.807) is 13.2 Å². The molecule has 1 rings (SSSR count). The molecule has 0 heterocycles. The second kappa shape index (κ2) is 7.27. The van der Waals surface area contributed by atoms with Gasteiger partial charge in [0.25, 0.3) is 0 Å². The van der Waals surface area contributed by atoms with Crippen molar-refractivity contribution >= 4 is 0 Å². The molecule has 0 amide bonds. The Morgan fingerprint density at radius 3 is 2.38 bits per heavy atom. The standard InChI is InChI=1S/C16H24F3NO/c1-5-15(3,21-4)14(20-6-2)11-12-8-7-9-13(10-12)16(17,18)19/h7-10,14,20H,5-6,11H2,1-4H3. The van der Waals surface area contributed by atoms with Crippen molar-refractivity contribution in [3.05, 3.63) is 35.4 Å². The van der Waals surface area contributed by atoms with E-state index in [0.717, 1.165) is 19.0 Å². The van der Waals surface area contributed by atoms with Crippen LogP contribution in [0.15, 0.2) is 24.3 Å². The average Bonchev–Trinajstić information content (AvgIpc) is 2.45. The summed E-state index contributed by atoms with van der Waals surface area (Å²) in [5.74, 6) is 0. The predicted octanol–water partition coefficient (Wildman–Crippen LogP) is 4.04. The van der Waals surface area contributed by atoms with E-state index in [1.165, 1.54) is 12.1 Å². The number of alkyl halides is 3. The third kappa shape index (κ3) is 4.71. The van der Waals surface area contributed by atoms with Gasteiger partial charge < -0.3 is 10.1 Å². The van der Waals surface area contributed by atoms with E-state index in [2.05, 4.69) is 5.32 Å². The zero-order chi connectivity index (χ0) is 16.1. The number of rotatable bonds is 7. The average molecular weight is 303 g/mol. The molecule has 2 nitrogen and oxygen atoms in total. The lowest BCUT2D eigenvalue weighted by molar-refractivity contribution is -0.137. The smallest absolute Gasteiger partial charge is 0.377 e. The zero-order valence-electron chi connectivity index (χ0n) is 13.1. The van der Waals surface area contributed by atoms with Gasteiger partial charge in [0.2, 0.25) is 0 Å². The number of ether oxygens (including phenoxy) is 1. The lowest BCUT2D eigenvalue weighted by Gasteiger charge is -2.36. The molecule has 0 radical (unpaired) electrons. The van der Waals surface area contributed by atoms with Gasteiger partial charge in [-0.15, -0.1) is 0 Å². The maximum Gasteiger partial charge on any atom is 0.416 e. The first kappa shape index (κ1) is 18.0. The molecule has 5 heteroatoms. The van der Waals surface area contributed by atoms with Crippen LogP contribution >= 0.6 is 0 Å². The van der Waals surface area contributed by atoms with Crippen LogP contribution in [0.4, 0.5) is 13.2 Å². The summed E-state index contributed by atoms with van der Waals surface area (Å²) in [6.07, 6.45) is -3.03. The number of nitrogens with one attached hydrogen (secondary N) is 1. The Kier molecular flexibility index (Phi) is 6.23. The monoisotopic (exact) mass is 303 g/mol. The van der Waals surface area contributed by atoms with E-state index in [-0.39, 0.29) is 6.04 Å². The van der Waals surface area contributed by atoms with Crippen molar-refractivity contribution in [1.29, 1.82) is 0 Å². The minimum atomic E-state index is -4.31. The quantitative estimate of drug-likeness (QED) is 0.821. The summed E-state index contributed by atoms with van der Waals surface area (Å²) in [5, 5.41) is 3.33. The first-order valence-corrected chi connectivity index (χ1v) is 7.21. The Balaban J connectivity index is 2.99. The first-order valence-electron chi connectivity index (χ1n) is 7.21. The van der Waals surface area contributed by atoms with Gasteiger partial charge in [-0.25, -0.2) is 0 Å². The van der Waals surface area contributed by atoms with E-state index < -0.39 is 17.3 Å². The Labute approximate surface area is 124 Å². The summed E-state index contributed by atoms with van der Waals surface area (Å²) in [6.45, 7) is 6.71. The molecule has 0 fully saturated rings. The van der Waals surface area contributed by atoms with Gasteiger partial charge in [0, 0.05) is 13.2 Å². The van der Waals surface area contributed by atoms with E-state index in [9.17, 15) is 13.2 Å². The van der Waals surface area contributed by atoms with Gasteiger partial charge in [-0.05, 0) is 37.9 Å². The third-order valence-electron chi connectivity index (χ3n) is 4.05. The summed E-state index contributed by atoms with van der Waals surface area (Å²) in [5.41, 5.74) is -0.358. The van der Waals surface area contributed by atoms with Gasteiger partial charge >= 0.3 is 6.18 Å². The molecule has 2 atom stereocenters. The molecule has 0 aromatic heterocycles. The SMILES string of the molecule is CCNC(Cc1cccc(C(F)(F)F)c1)C(C)(CC)OC. The van der Waals surface area contributed by atoms with Crippen LogP contribution < -0.4 is 5.32 Å². The van der Waals surface area contributed by atoms with Crippen molar-refractivity contribution in [2.45, 2.75) is 51.4 Å². The fourth-order valence-electron chi connectivity index (χ4n) is 2.39. The molecular weight excluding hydrogens is 279 g/mol. The molecule has 0 saturated carbocycles. The van der Waals surface area contributed by atoms with E-state index in [1.807, 2.05) is 20.8 Å². The number of benzene rings is 1. The largest absolute Gasteiger partial charge is 0.416 e. The van der Waals surface area contributed by atoms with Crippen LogP contribution in [-0.4, -0.2) is 25.3 Å². The van der Waals surface area contributed by atoms with E-state index >= 15 is 0 Å². The highest BCUT2D eigenvalue weighted by Gasteiger charge is 2.33. The molecule has 0 saturated heterocycles. The summed E-state index contributed by atoms with van der Waals surface area (Å²) in [7, 11) is 1.64. The van der Waals surface area contributed by atoms with Crippen LogP contribution in [0, 0.1) is 0 Å². The second-order valence-electron chi connectivity index (χ2n) is 5.38. The van der Waals surface area contributed by atoms with Crippen molar-refractivity contribution in [2.75, 3.05) is 13.7 Å². The van der Waals surface area contributed by atoms with E-state index in [0.29, 0.717) is 12.0 Å². The van der Waals surface area contributed by atoms with Crippen LogP contribution in [0.3, 0.4) is 0 Å². The Bertz CT molecular complexity index is 441. The summed E-state index contributed by atoms with van der Waals surface area (Å²) >= 11 is 0. The van der Waals surface area contributed by atoms with Crippen molar-refractivity contribution < 1.29 is 17.9 Å². The molecule has 0 spiro atoms. The third-order valence-corrected chi connectivity index (χ3v) is 4.05. The minimum Gasteiger partial charge on any atom is -0.377 e. The lowest BCUT2D eigenvalue weighted by atomic mass is 9.88. The maximum atomic E-state index is 12.8. The van der Waals surface area contributed by atoms with Gasteiger partial charge in [0.15, 0.2) is 0 Å². The zero-order valence-corrected chi connectivity index (χ0v) is 13.1. The van der Waals surface area contributed by atoms with Gasteiger partial charge in [0.05, 0.1) is 11.2 Å². The summed E-state index contributed by atoms with van der Waals surface area (Å²) in [6, 6.07) is 5.46. The highest BCUT2D eigenvalue weighted by molar-refractivity contribution is 5.26. The molecule has 1 aromatic rings. The highest BCUT2D eigenvalue weighted by Crippen LogP contribution is 2.30. The number of likely N-dealkylation sites (N-methyl/N-ethyl adjacent to an activating group) is 1. The molecule has 120 valence electrons. The van der Waals surface area contributed by atoms with Gasteiger partial charge in [0.1, 0.15) is 0 Å². The Morgan fingerprint density at radius 2 is 1.90 bits per heavy atom. The number of hydrogen-bond donors (Lipinski definition) is 1. The number of hydrogen-bond acceptors (Lipinski definition) is 2. The number of methoxy groups -OCH3 is 1. The van der Waals surface area contributed by atoms with Crippen molar-refractivity contribution in [3.8, 4) is 0 Å². The van der Waals surface area contributed by atoms with E-state index in [4.69, 9.17) is 4.74 Å². The van der Waals surface area contributed by atoms with Crippen LogP contribution in [0.5, 0.6) is 0 Å². The van der Waals surface area contributed by atoms with Crippen molar-refractivity contribution in [3.63, 3.8) is 0 Å². The maximum absolute atomic E-state index is 12.8. The molecule has 21 heavy (non-hydrogen) atoms. The topological polar surface area (TPSA) is 21.3 Å². The predicted molar refractivity (Wildman–Crippen MR) is 78.3 cm³/mol. The molecular formula is C16H24F3NO. The van der Waals surface area contributed by atoms with Gasteiger partial charge in [-0.2, -0.15) is 13.2 Å². The molecule has 0 aliphatic heterocycles. The molecule has 0 aliphatic carbocycles. The lowest BCUT2D eigenvalue weighted by Crippen LogP contribution is -2.51. The first-order chi connectivity index (χ1) is 9.76. The molecule has 0 bridgehead atoms. The van der Waals surface area contributed by atoms with Crippen LogP contribution in [0.25, 0.3) is 0 Å². The normalized spacial score (nSPS) is 16.5. The minimum absolute atomic E-state index is 0.0408. The van der Waals surface area contributed by atoms with Crippen LogP contribution in [0.2, 0.25) is 0 Å². The van der Waals surface area contributed by atoms with Crippen molar-refractivity contribution in [1.82, 2.24) is 5.32 Å². The molecule has 0 aliphatic rings. The van der Waals surface area contributed by atoms with Gasteiger partial charge in [-0.3, -0.25) is 0 Å². The molecule has 1 aromatic carbocycles.